The predicted molar refractivity (Wildman–Crippen MR) is 75.8 cm³/mol. The number of carbonyl (C=O) groups is 1. The summed E-state index contributed by atoms with van der Waals surface area (Å²) < 4.78 is 5.73. The van der Waals surface area contributed by atoms with E-state index in [-0.39, 0.29) is 0 Å². The molecule has 5 nitrogen and oxygen atoms in total. The number of anilines is 1. The van der Waals surface area contributed by atoms with Crippen LogP contribution in [0.5, 0.6) is 0 Å². The molecule has 2 aromatic heterocycles. The Morgan fingerprint density at radius 1 is 1.20 bits per heavy atom. The standard InChI is InChI=1S/C15H12N2O3/c1-9-2-7-13-12(16-9)8-14(20-13)10-3-5-11(6-4-10)17-15(18)19/h2-8,17H,1H3,(H,18,19). The molecule has 0 atom stereocenters. The van der Waals surface area contributed by atoms with Gasteiger partial charge in [-0.25, -0.2) is 9.78 Å². The number of carboxylic acid groups (broad SMARTS) is 1. The van der Waals surface area contributed by atoms with Crippen LogP contribution in [0.3, 0.4) is 0 Å². The fraction of sp³-hybridized carbons (Fsp3) is 0.0667. The lowest BCUT2D eigenvalue weighted by Crippen LogP contribution is -2.06. The molecular weight excluding hydrogens is 256 g/mol. The van der Waals surface area contributed by atoms with Crippen molar-refractivity contribution >= 4 is 22.9 Å². The Bertz CT molecular complexity index is 775. The first-order chi connectivity index (χ1) is 9.61. The van der Waals surface area contributed by atoms with Gasteiger partial charge in [-0.3, -0.25) is 5.32 Å². The zero-order chi connectivity index (χ0) is 14.1. The highest BCUT2D eigenvalue weighted by Gasteiger charge is 2.07. The summed E-state index contributed by atoms with van der Waals surface area (Å²) in [5.41, 5.74) is 3.87. The van der Waals surface area contributed by atoms with Crippen LogP contribution < -0.4 is 5.32 Å². The predicted octanol–water partition coefficient (Wildman–Crippen LogP) is 3.89. The van der Waals surface area contributed by atoms with E-state index in [4.69, 9.17) is 9.52 Å². The molecule has 2 N–H and O–H groups in total. The van der Waals surface area contributed by atoms with Gasteiger partial charge in [0.15, 0.2) is 5.58 Å². The first kappa shape index (κ1) is 12.2. The molecule has 0 spiro atoms. The zero-order valence-electron chi connectivity index (χ0n) is 10.8. The third kappa shape index (κ3) is 2.33. The Hall–Kier alpha value is -2.82. The second-order valence-electron chi connectivity index (χ2n) is 4.45. The van der Waals surface area contributed by atoms with Crippen LogP contribution in [0, 0.1) is 6.92 Å². The maximum absolute atomic E-state index is 10.5. The number of pyridine rings is 1. The number of aromatic nitrogens is 1. The van der Waals surface area contributed by atoms with Crippen molar-refractivity contribution in [3.05, 3.63) is 48.2 Å². The van der Waals surface area contributed by atoms with Crippen molar-refractivity contribution < 1.29 is 14.3 Å². The van der Waals surface area contributed by atoms with Crippen molar-refractivity contribution in [2.75, 3.05) is 5.32 Å². The summed E-state index contributed by atoms with van der Waals surface area (Å²) in [6.45, 7) is 1.93. The summed E-state index contributed by atoms with van der Waals surface area (Å²) in [6.07, 6.45) is -1.08. The van der Waals surface area contributed by atoms with E-state index in [0.717, 1.165) is 22.4 Å². The lowest BCUT2D eigenvalue weighted by molar-refractivity contribution is 0.210. The van der Waals surface area contributed by atoms with Gasteiger partial charge in [0.1, 0.15) is 11.3 Å². The number of nitrogens with one attached hydrogen (secondary N) is 1. The number of rotatable bonds is 2. The number of hydrogen-bond donors (Lipinski definition) is 2. The SMILES string of the molecule is Cc1ccc2oc(-c3ccc(NC(=O)O)cc3)cc2n1. The molecule has 0 saturated carbocycles. The van der Waals surface area contributed by atoms with Crippen LogP contribution in [0.2, 0.25) is 0 Å². The van der Waals surface area contributed by atoms with Crippen LogP contribution in [0.15, 0.2) is 46.9 Å². The average molecular weight is 268 g/mol. The van der Waals surface area contributed by atoms with Gasteiger partial charge in [0.05, 0.1) is 0 Å². The van der Waals surface area contributed by atoms with Gasteiger partial charge >= 0.3 is 6.09 Å². The Labute approximate surface area is 114 Å². The van der Waals surface area contributed by atoms with Crippen LogP contribution in [0.25, 0.3) is 22.4 Å². The second kappa shape index (κ2) is 4.70. The van der Waals surface area contributed by atoms with E-state index >= 15 is 0 Å². The maximum Gasteiger partial charge on any atom is 0.409 e. The fourth-order valence-corrected chi connectivity index (χ4v) is 2.01. The minimum Gasteiger partial charge on any atom is -0.465 e. The van der Waals surface area contributed by atoms with Crippen LogP contribution in [-0.4, -0.2) is 16.2 Å². The van der Waals surface area contributed by atoms with E-state index in [1.54, 1.807) is 24.3 Å². The summed E-state index contributed by atoms with van der Waals surface area (Å²) in [4.78, 5) is 14.9. The van der Waals surface area contributed by atoms with E-state index in [1.165, 1.54) is 0 Å². The number of hydrogen-bond acceptors (Lipinski definition) is 3. The molecule has 0 aliphatic rings. The van der Waals surface area contributed by atoms with E-state index in [0.29, 0.717) is 11.4 Å². The molecule has 0 saturated heterocycles. The lowest BCUT2D eigenvalue weighted by atomic mass is 10.1. The smallest absolute Gasteiger partial charge is 0.409 e. The fourth-order valence-electron chi connectivity index (χ4n) is 2.01. The molecular formula is C15H12N2O3. The van der Waals surface area contributed by atoms with E-state index in [2.05, 4.69) is 10.3 Å². The molecule has 5 heteroatoms. The highest BCUT2D eigenvalue weighted by atomic mass is 16.4. The monoisotopic (exact) mass is 268 g/mol. The first-order valence-electron chi connectivity index (χ1n) is 6.09. The van der Waals surface area contributed by atoms with Gasteiger partial charge in [0, 0.05) is 23.0 Å². The quantitative estimate of drug-likeness (QED) is 0.739. The first-order valence-corrected chi connectivity index (χ1v) is 6.09. The highest BCUT2D eigenvalue weighted by Crippen LogP contribution is 2.27. The summed E-state index contributed by atoms with van der Waals surface area (Å²) in [5.74, 6) is 0.708. The van der Waals surface area contributed by atoms with Crippen molar-refractivity contribution in [3.8, 4) is 11.3 Å². The average Bonchev–Trinajstić information content (AvgIpc) is 2.81. The molecule has 0 aliphatic heterocycles. The van der Waals surface area contributed by atoms with Gasteiger partial charge < -0.3 is 9.52 Å². The second-order valence-corrected chi connectivity index (χ2v) is 4.45. The molecule has 0 unspecified atom stereocenters. The Kier molecular flexibility index (Phi) is 2.87. The minimum absolute atomic E-state index is 0.520. The normalized spacial score (nSPS) is 10.7. The Morgan fingerprint density at radius 3 is 2.65 bits per heavy atom. The van der Waals surface area contributed by atoms with Gasteiger partial charge in [-0.15, -0.1) is 0 Å². The lowest BCUT2D eigenvalue weighted by Gasteiger charge is -2.01. The largest absolute Gasteiger partial charge is 0.465 e. The molecule has 2 heterocycles. The molecule has 1 aromatic carbocycles. The van der Waals surface area contributed by atoms with Gasteiger partial charge in [0.25, 0.3) is 0 Å². The molecule has 100 valence electrons. The van der Waals surface area contributed by atoms with E-state index in [9.17, 15) is 4.79 Å². The van der Waals surface area contributed by atoms with E-state index < -0.39 is 6.09 Å². The van der Waals surface area contributed by atoms with Crippen LogP contribution in [-0.2, 0) is 0 Å². The maximum atomic E-state index is 10.5. The Balaban J connectivity index is 1.96. The number of fused-ring (bicyclic) bond motifs is 1. The molecule has 0 bridgehead atoms. The van der Waals surface area contributed by atoms with Crippen LogP contribution in [0.4, 0.5) is 10.5 Å². The van der Waals surface area contributed by atoms with Gasteiger partial charge in [-0.1, -0.05) is 0 Å². The van der Waals surface area contributed by atoms with E-state index in [1.807, 2.05) is 25.1 Å². The highest BCUT2D eigenvalue weighted by molar-refractivity contribution is 5.84. The molecule has 3 rings (SSSR count). The molecule has 1 amide bonds. The van der Waals surface area contributed by atoms with Gasteiger partial charge in [0.2, 0.25) is 0 Å². The van der Waals surface area contributed by atoms with Gasteiger partial charge in [-0.2, -0.15) is 0 Å². The number of furan rings is 1. The minimum atomic E-state index is -1.08. The summed E-state index contributed by atoms with van der Waals surface area (Å²) in [6, 6.07) is 12.6. The van der Waals surface area contributed by atoms with Crippen molar-refractivity contribution in [1.29, 1.82) is 0 Å². The van der Waals surface area contributed by atoms with Crippen LogP contribution >= 0.6 is 0 Å². The number of nitrogens with zero attached hydrogens (tertiary/aromatic N) is 1. The van der Waals surface area contributed by atoms with Crippen LogP contribution in [0.1, 0.15) is 5.69 Å². The summed E-state index contributed by atoms with van der Waals surface area (Å²) in [7, 11) is 0. The topological polar surface area (TPSA) is 75.4 Å². The molecule has 3 aromatic rings. The third-order valence-corrected chi connectivity index (χ3v) is 2.93. The van der Waals surface area contributed by atoms with Crippen molar-refractivity contribution in [2.24, 2.45) is 0 Å². The zero-order valence-corrected chi connectivity index (χ0v) is 10.8. The van der Waals surface area contributed by atoms with Gasteiger partial charge in [-0.05, 0) is 43.3 Å². The molecule has 0 radical (unpaired) electrons. The number of amides is 1. The third-order valence-electron chi connectivity index (χ3n) is 2.93. The summed E-state index contributed by atoms with van der Waals surface area (Å²) >= 11 is 0. The Morgan fingerprint density at radius 2 is 1.95 bits per heavy atom. The molecule has 0 fully saturated rings. The molecule has 20 heavy (non-hydrogen) atoms. The number of aryl methyl sites for hydroxylation is 1. The van der Waals surface area contributed by atoms with Crippen molar-refractivity contribution in [3.63, 3.8) is 0 Å². The van der Waals surface area contributed by atoms with Crippen molar-refractivity contribution in [1.82, 2.24) is 4.98 Å². The molecule has 0 aliphatic carbocycles. The van der Waals surface area contributed by atoms with Crippen molar-refractivity contribution in [2.45, 2.75) is 6.92 Å². The number of benzene rings is 1. The summed E-state index contributed by atoms with van der Waals surface area (Å²) in [5, 5.41) is 10.9.